The number of alkyl carbamates (subject to hydrolysis) is 1. The summed E-state index contributed by atoms with van der Waals surface area (Å²) in [6.45, 7) is 5.70. The summed E-state index contributed by atoms with van der Waals surface area (Å²) in [6.07, 6.45) is 1.44. The topological polar surface area (TPSA) is 178 Å². The van der Waals surface area contributed by atoms with Crippen LogP contribution >= 0.6 is 0 Å². The Morgan fingerprint density at radius 1 is 1.00 bits per heavy atom. The van der Waals surface area contributed by atoms with Crippen LogP contribution in [0.15, 0.2) is 60.9 Å². The Labute approximate surface area is 246 Å². The Hall–Kier alpha value is -5.24. The number of benzene rings is 2. The minimum atomic E-state index is -1.65. The summed E-state index contributed by atoms with van der Waals surface area (Å²) in [6, 6.07) is 12.2. The molecule has 3 aromatic rings. The lowest BCUT2D eigenvalue weighted by molar-refractivity contribution is -0.178. The van der Waals surface area contributed by atoms with Gasteiger partial charge in [0.15, 0.2) is 0 Å². The van der Waals surface area contributed by atoms with Crippen LogP contribution in [0.2, 0.25) is 0 Å². The molecule has 1 atom stereocenters. The number of amides is 4. The minimum Gasteiger partial charge on any atom is -0.490 e. The van der Waals surface area contributed by atoms with Gasteiger partial charge in [0.05, 0.1) is 22.9 Å². The molecule has 1 unspecified atom stereocenters. The molecule has 0 saturated carbocycles. The smallest absolute Gasteiger partial charge is 0.407 e. The van der Waals surface area contributed by atoms with Gasteiger partial charge in [-0.15, -0.1) is 5.06 Å². The molecule has 14 heteroatoms. The molecule has 0 bridgehead atoms. The molecule has 43 heavy (non-hydrogen) atoms. The van der Waals surface area contributed by atoms with Gasteiger partial charge in [-0.05, 0) is 63.6 Å². The van der Waals surface area contributed by atoms with E-state index in [0.717, 1.165) is 0 Å². The molecule has 14 nitrogen and oxygen atoms in total. The Balaban J connectivity index is 1.23. The van der Waals surface area contributed by atoms with Gasteiger partial charge in [0.1, 0.15) is 18.0 Å². The second-order valence-electron chi connectivity index (χ2n) is 10.4. The Morgan fingerprint density at radius 2 is 1.65 bits per heavy atom. The Kier molecular flexibility index (Phi) is 9.40. The largest absolute Gasteiger partial charge is 0.490 e. The average Bonchev–Trinajstić information content (AvgIpc) is 3.52. The summed E-state index contributed by atoms with van der Waals surface area (Å²) in [5.74, 6) is -3.07. The van der Waals surface area contributed by atoms with E-state index in [-0.39, 0.29) is 16.9 Å². The van der Waals surface area contributed by atoms with E-state index in [2.05, 4.69) is 15.7 Å². The van der Waals surface area contributed by atoms with Crippen LogP contribution in [0.1, 0.15) is 58.3 Å². The van der Waals surface area contributed by atoms with E-state index in [9.17, 15) is 29.1 Å². The number of hydrogen-bond acceptors (Lipinski definition) is 9. The van der Waals surface area contributed by atoms with Crippen molar-refractivity contribution < 1.29 is 43.4 Å². The first-order chi connectivity index (χ1) is 20.4. The second-order valence-corrected chi connectivity index (χ2v) is 10.4. The van der Waals surface area contributed by atoms with Crippen LogP contribution in [-0.2, 0) is 20.9 Å². The van der Waals surface area contributed by atoms with Crippen LogP contribution in [0.5, 0.6) is 5.75 Å². The van der Waals surface area contributed by atoms with Crippen molar-refractivity contribution in [1.82, 2.24) is 20.2 Å². The standard InChI is InChI=1S/C29H31N5O9/c1-29(2,3)42-28(40)30-13-6-14-33-16-18(15-31-33)24(35)32-19-9-11-20(12-10-19)41-17-23(27(38)39)43-34-25(36)21-7-4-5-8-22(21)26(34)37/h4-5,7-12,15-16,23H,6,13-14,17H2,1-3H3,(H,30,40)(H,32,35)(H,38,39). The molecule has 4 rings (SSSR count). The van der Waals surface area contributed by atoms with Gasteiger partial charge >= 0.3 is 12.1 Å². The lowest BCUT2D eigenvalue weighted by Gasteiger charge is -2.19. The van der Waals surface area contributed by atoms with Gasteiger partial charge in [-0.1, -0.05) is 12.1 Å². The molecule has 2 aromatic carbocycles. The summed E-state index contributed by atoms with van der Waals surface area (Å²) in [5.41, 5.74) is 0.441. The number of carboxylic acid groups (broad SMARTS) is 1. The normalized spacial score (nSPS) is 13.3. The van der Waals surface area contributed by atoms with Gasteiger partial charge in [-0.25, -0.2) is 14.4 Å². The van der Waals surface area contributed by atoms with Crippen molar-refractivity contribution in [2.45, 2.75) is 45.4 Å². The molecular weight excluding hydrogens is 562 g/mol. The highest BCUT2D eigenvalue weighted by Crippen LogP contribution is 2.24. The Morgan fingerprint density at radius 3 is 2.26 bits per heavy atom. The molecule has 2 heterocycles. The lowest BCUT2D eigenvalue weighted by atomic mass is 10.1. The van der Waals surface area contributed by atoms with Gasteiger partial charge in [-0.2, -0.15) is 5.10 Å². The summed E-state index contributed by atoms with van der Waals surface area (Å²) < 4.78 is 12.3. The van der Waals surface area contributed by atoms with Crippen LogP contribution in [0, 0.1) is 0 Å². The quantitative estimate of drug-likeness (QED) is 0.209. The number of ether oxygens (including phenoxy) is 2. The molecule has 1 aliphatic rings. The molecule has 1 aliphatic heterocycles. The van der Waals surface area contributed by atoms with E-state index in [1.165, 1.54) is 30.5 Å². The van der Waals surface area contributed by atoms with E-state index in [4.69, 9.17) is 14.3 Å². The fraction of sp³-hybridized carbons (Fsp3) is 0.310. The number of aliphatic carboxylic acids is 1. The number of fused-ring (bicyclic) bond motifs is 1. The van der Waals surface area contributed by atoms with Crippen LogP contribution < -0.4 is 15.4 Å². The number of aromatic nitrogens is 2. The number of hydrogen-bond donors (Lipinski definition) is 3. The molecule has 0 spiro atoms. The summed E-state index contributed by atoms with van der Waals surface area (Å²) >= 11 is 0. The van der Waals surface area contributed by atoms with Crippen molar-refractivity contribution in [3.63, 3.8) is 0 Å². The van der Waals surface area contributed by atoms with E-state index in [1.54, 1.807) is 55.9 Å². The van der Waals surface area contributed by atoms with E-state index < -0.39 is 48.1 Å². The number of imide groups is 1. The first kappa shape index (κ1) is 30.7. The maximum absolute atomic E-state index is 12.6. The Bertz CT molecular complexity index is 1480. The molecule has 0 saturated heterocycles. The first-order valence-corrected chi connectivity index (χ1v) is 13.3. The zero-order valence-corrected chi connectivity index (χ0v) is 23.7. The van der Waals surface area contributed by atoms with Gasteiger partial charge in [0.25, 0.3) is 17.7 Å². The molecular formula is C29H31N5O9. The van der Waals surface area contributed by atoms with Crippen LogP contribution in [0.3, 0.4) is 0 Å². The summed E-state index contributed by atoms with van der Waals surface area (Å²) in [5, 5.41) is 19.5. The van der Waals surface area contributed by atoms with Gasteiger partial charge < -0.3 is 25.2 Å². The maximum Gasteiger partial charge on any atom is 0.407 e. The van der Waals surface area contributed by atoms with Crippen LogP contribution in [0.25, 0.3) is 0 Å². The predicted molar refractivity (Wildman–Crippen MR) is 150 cm³/mol. The fourth-order valence-corrected chi connectivity index (χ4v) is 3.90. The van der Waals surface area contributed by atoms with Crippen LogP contribution in [-0.4, -0.2) is 74.6 Å². The van der Waals surface area contributed by atoms with E-state index in [0.29, 0.717) is 35.8 Å². The third-order valence-electron chi connectivity index (χ3n) is 5.91. The average molecular weight is 594 g/mol. The number of nitrogens with zero attached hydrogens (tertiary/aromatic N) is 3. The first-order valence-electron chi connectivity index (χ1n) is 13.3. The van der Waals surface area contributed by atoms with Crippen molar-refractivity contribution in [2.24, 2.45) is 0 Å². The highest BCUT2D eigenvalue weighted by Gasteiger charge is 2.39. The molecule has 1 aromatic heterocycles. The number of nitrogens with one attached hydrogen (secondary N) is 2. The number of anilines is 1. The number of aryl methyl sites for hydroxylation is 1. The van der Waals surface area contributed by atoms with Crippen molar-refractivity contribution >= 4 is 35.5 Å². The van der Waals surface area contributed by atoms with Crippen molar-refractivity contribution in [1.29, 1.82) is 0 Å². The zero-order chi connectivity index (χ0) is 31.1. The number of carbonyl (C=O) groups excluding carboxylic acids is 4. The highest BCUT2D eigenvalue weighted by atomic mass is 16.7. The molecule has 226 valence electrons. The fourth-order valence-electron chi connectivity index (χ4n) is 3.90. The number of rotatable bonds is 12. The number of carboxylic acids is 1. The summed E-state index contributed by atoms with van der Waals surface area (Å²) in [4.78, 5) is 66.2. The number of carbonyl (C=O) groups is 5. The monoisotopic (exact) mass is 593 g/mol. The second kappa shape index (κ2) is 13.2. The predicted octanol–water partition coefficient (Wildman–Crippen LogP) is 3.11. The SMILES string of the molecule is CC(C)(C)OC(=O)NCCCn1cc(C(=O)Nc2ccc(OCC(ON3C(=O)c4ccccc4C3=O)C(=O)O)cc2)cn1. The lowest BCUT2D eigenvalue weighted by Crippen LogP contribution is -2.41. The minimum absolute atomic E-state index is 0.120. The maximum atomic E-state index is 12.6. The van der Waals surface area contributed by atoms with Gasteiger partial charge in [-0.3, -0.25) is 19.1 Å². The third-order valence-corrected chi connectivity index (χ3v) is 5.91. The van der Waals surface area contributed by atoms with Gasteiger partial charge in [0.2, 0.25) is 6.10 Å². The highest BCUT2D eigenvalue weighted by molar-refractivity contribution is 6.20. The molecule has 0 aliphatic carbocycles. The third kappa shape index (κ3) is 8.16. The summed E-state index contributed by atoms with van der Waals surface area (Å²) in [7, 11) is 0. The molecule has 0 radical (unpaired) electrons. The zero-order valence-electron chi connectivity index (χ0n) is 23.7. The molecule has 3 N–H and O–H groups in total. The molecule has 4 amide bonds. The van der Waals surface area contributed by atoms with E-state index in [1.807, 2.05) is 0 Å². The van der Waals surface area contributed by atoms with E-state index >= 15 is 0 Å². The van der Waals surface area contributed by atoms with Crippen LogP contribution in [0.4, 0.5) is 10.5 Å². The van der Waals surface area contributed by atoms with Crippen molar-refractivity contribution in [3.05, 3.63) is 77.6 Å². The van der Waals surface area contributed by atoms with Gasteiger partial charge in [0, 0.05) is 25.0 Å². The van der Waals surface area contributed by atoms with Crippen molar-refractivity contribution in [3.8, 4) is 5.75 Å². The van der Waals surface area contributed by atoms with Crippen molar-refractivity contribution in [2.75, 3.05) is 18.5 Å². The number of hydroxylamine groups is 2. The molecule has 0 fully saturated rings.